The predicted octanol–water partition coefficient (Wildman–Crippen LogP) is 6.49. The van der Waals surface area contributed by atoms with E-state index in [2.05, 4.69) is 5.32 Å². The second-order valence-corrected chi connectivity index (χ2v) is 8.35. The SMILES string of the molecule is O=C(Nc1cccc(-c2csc(-c3ccc(Cl)cc3)n2)c1)c1cc(=O)c2ccccc2o1. The second-order valence-electron chi connectivity index (χ2n) is 7.05. The first-order valence-corrected chi connectivity index (χ1v) is 11.0. The van der Waals surface area contributed by atoms with Gasteiger partial charge in [0.05, 0.1) is 11.1 Å². The van der Waals surface area contributed by atoms with Crippen molar-refractivity contribution in [1.82, 2.24) is 4.98 Å². The Hall–Kier alpha value is -3.74. The minimum absolute atomic E-state index is 0.0437. The third-order valence-electron chi connectivity index (χ3n) is 4.87. The molecule has 0 radical (unpaired) electrons. The summed E-state index contributed by atoms with van der Waals surface area (Å²) in [6.07, 6.45) is 0. The molecule has 0 saturated carbocycles. The lowest BCUT2D eigenvalue weighted by molar-refractivity contribution is 0.0997. The fraction of sp³-hybridized carbons (Fsp3) is 0. The van der Waals surface area contributed by atoms with Gasteiger partial charge in [0.2, 0.25) is 0 Å². The summed E-state index contributed by atoms with van der Waals surface area (Å²) in [5, 5.41) is 6.75. The van der Waals surface area contributed by atoms with Gasteiger partial charge in [0.25, 0.3) is 5.91 Å². The van der Waals surface area contributed by atoms with Crippen LogP contribution in [0.3, 0.4) is 0 Å². The third-order valence-corrected chi connectivity index (χ3v) is 6.01. The lowest BCUT2D eigenvalue weighted by Crippen LogP contribution is -2.15. The van der Waals surface area contributed by atoms with E-state index in [-0.39, 0.29) is 11.2 Å². The molecule has 0 fully saturated rings. The third kappa shape index (κ3) is 4.06. The number of hydrogen-bond donors (Lipinski definition) is 1. The minimum atomic E-state index is -0.495. The van der Waals surface area contributed by atoms with Gasteiger partial charge in [0, 0.05) is 33.3 Å². The molecule has 0 aliphatic heterocycles. The van der Waals surface area contributed by atoms with Crippen molar-refractivity contribution < 1.29 is 9.21 Å². The van der Waals surface area contributed by atoms with Gasteiger partial charge in [0.1, 0.15) is 10.6 Å². The van der Waals surface area contributed by atoms with Crippen LogP contribution in [0, 0.1) is 0 Å². The Bertz CT molecular complexity index is 1510. The molecule has 156 valence electrons. The zero-order chi connectivity index (χ0) is 22.1. The number of halogens is 1. The van der Waals surface area contributed by atoms with Crippen molar-refractivity contribution >= 4 is 45.5 Å². The number of para-hydroxylation sites is 1. The van der Waals surface area contributed by atoms with E-state index < -0.39 is 5.91 Å². The Morgan fingerprint density at radius 3 is 2.59 bits per heavy atom. The number of carbonyl (C=O) groups excluding carboxylic acids is 1. The fourth-order valence-electron chi connectivity index (χ4n) is 3.30. The van der Waals surface area contributed by atoms with Crippen LogP contribution < -0.4 is 10.7 Å². The number of hydrogen-bond acceptors (Lipinski definition) is 5. The van der Waals surface area contributed by atoms with E-state index >= 15 is 0 Å². The van der Waals surface area contributed by atoms with Crippen LogP contribution >= 0.6 is 22.9 Å². The number of nitrogens with zero attached hydrogens (tertiary/aromatic N) is 1. The second kappa shape index (κ2) is 8.42. The first-order valence-electron chi connectivity index (χ1n) is 9.73. The summed E-state index contributed by atoms with van der Waals surface area (Å²) in [7, 11) is 0. The van der Waals surface area contributed by atoms with Crippen molar-refractivity contribution in [2.75, 3.05) is 5.32 Å². The van der Waals surface area contributed by atoms with Crippen LogP contribution in [0.15, 0.2) is 93.5 Å². The molecule has 0 bridgehead atoms. The maximum atomic E-state index is 12.7. The first-order chi connectivity index (χ1) is 15.6. The Morgan fingerprint density at radius 2 is 1.75 bits per heavy atom. The zero-order valence-corrected chi connectivity index (χ0v) is 18.1. The van der Waals surface area contributed by atoms with Gasteiger partial charge in [-0.1, -0.05) is 48.0 Å². The van der Waals surface area contributed by atoms with Gasteiger partial charge >= 0.3 is 0 Å². The van der Waals surface area contributed by atoms with Crippen molar-refractivity contribution in [3.05, 3.63) is 105 Å². The molecule has 5 nitrogen and oxygen atoms in total. The molecule has 0 aliphatic rings. The van der Waals surface area contributed by atoms with Crippen LogP contribution in [-0.4, -0.2) is 10.9 Å². The smallest absolute Gasteiger partial charge is 0.291 e. The van der Waals surface area contributed by atoms with Crippen LogP contribution in [-0.2, 0) is 0 Å². The molecular formula is C25H15ClN2O3S. The molecule has 0 saturated heterocycles. The fourth-order valence-corrected chi connectivity index (χ4v) is 4.26. The molecule has 2 aromatic heterocycles. The summed E-state index contributed by atoms with van der Waals surface area (Å²) < 4.78 is 5.62. The minimum Gasteiger partial charge on any atom is -0.451 e. The number of rotatable bonds is 4. The van der Waals surface area contributed by atoms with Gasteiger partial charge in [-0.15, -0.1) is 11.3 Å². The largest absolute Gasteiger partial charge is 0.451 e. The number of carbonyl (C=O) groups is 1. The Morgan fingerprint density at radius 1 is 0.938 bits per heavy atom. The highest BCUT2D eigenvalue weighted by Gasteiger charge is 2.13. The van der Waals surface area contributed by atoms with Crippen molar-refractivity contribution in [3.63, 3.8) is 0 Å². The molecule has 0 unspecified atom stereocenters. The molecule has 32 heavy (non-hydrogen) atoms. The number of benzene rings is 3. The maximum Gasteiger partial charge on any atom is 0.291 e. The Labute approximate surface area is 191 Å². The van der Waals surface area contributed by atoms with E-state index in [0.29, 0.717) is 21.7 Å². The van der Waals surface area contributed by atoms with Crippen molar-refractivity contribution in [2.24, 2.45) is 0 Å². The van der Waals surface area contributed by atoms with Crippen molar-refractivity contribution in [1.29, 1.82) is 0 Å². The summed E-state index contributed by atoms with van der Waals surface area (Å²) in [5.41, 5.74) is 3.33. The van der Waals surface area contributed by atoms with E-state index in [1.54, 1.807) is 30.3 Å². The molecule has 0 spiro atoms. The predicted molar refractivity (Wildman–Crippen MR) is 128 cm³/mol. The van der Waals surface area contributed by atoms with Crippen LogP contribution in [0.4, 0.5) is 5.69 Å². The maximum absolute atomic E-state index is 12.7. The Balaban J connectivity index is 1.39. The molecule has 1 amide bonds. The summed E-state index contributed by atoms with van der Waals surface area (Å²) in [4.78, 5) is 29.7. The van der Waals surface area contributed by atoms with E-state index in [0.717, 1.165) is 21.8 Å². The average molecular weight is 459 g/mol. The summed E-state index contributed by atoms with van der Waals surface area (Å²) >= 11 is 7.50. The van der Waals surface area contributed by atoms with Crippen molar-refractivity contribution in [3.8, 4) is 21.8 Å². The molecule has 2 heterocycles. The van der Waals surface area contributed by atoms with Gasteiger partial charge in [0.15, 0.2) is 11.2 Å². The molecule has 5 aromatic rings. The van der Waals surface area contributed by atoms with Gasteiger partial charge in [-0.05, 0) is 36.4 Å². The molecular weight excluding hydrogens is 444 g/mol. The van der Waals surface area contributed by atoms with Gasteiger partial charge in [-0.3, -0.25) is 9.59 Å². The standard InChI is InChI=1S/C25H15ClN2O3S/c26-17-10-8-15(9-11-17)25-28-20(14-32-25)16-4-3-5-18(12-16)27-24(30)23-13-21(29)19-6-1-2-7-22(19)31-23/h1-14H,(H,27,30). The van der Waals surface area contributed by atoms with E-state index in [1.807, 2.05) is 47.8 Å². The highest BCUT2D eigenvalue weighted by Crippen LogP contribution is 2.30. The first kappa shape index (κ1) is 20.2. The van der Waals surface area contributed by atoms with Gasteiger partial charge in [-0.2, -0.15) is 0 Å². The zero-order valence-electron chi connectivity index (χ0n) is 16.5. The molecule has 0 aliphatic carbocycles. The van der Waals surface area contributed by atoms with Crippen LogP contribution in [0.25, 0.3) is 32.8 Å². The molecule has 7 heteroatoms. The number of nitrogens with one attached hydrogen (secondary N) is 1. The number of fused-ring (bicyclic) bond motifs is 1. The molecule has 0 atom stereocenters. The average Bonchev–Trinajstić information content (AvgIpc) is 3.30. The molecule has 1 N–H and O–H groups in total. The Kier molecular flexibility index (Phi) is 5.31. The monoisotopic (exact) mass is 458 g/mol. The lowest BCUT2D eigenvalue weighted by Gasteiger charge is -2.07. The topological polar surface area (TPSA) is 72.2 Å². The van der Waals surface area contributed by atoms with Crippen LogP contribution in [0.1, 0.15) is 10.6 Å². The van der Waals surface area contributed by atoms with Crippen LogP contribution in [0.2, 0.25) is 5.02 Å². The van der Waals surface area contributed by atoms with E-state index in [9.17, 15) is 9.59 Å². The summed E-state index contributed by atoms with van der Waals surface area (Å²) in [6.45, 7) is 0. The lowest BCUT2D eigenvalue weighted by atomic mass is 10.1. The number of amides is 1. The molecule has 3 aromatic carbocycles. The number of aromatic nitrogens is 1. The van der Waals surface area contributed by atoms with E-state index in [1.165, 1.54) is 17.4 Å². The number of anilines is 1. The highest BCUT2D eigenvalue weighted by molar-refractivity contribution is 7.13. The number of thiazole rings is 1. The van der Waals surface area contributed by atoms with Gasteiger partial charge < -0.3 is 9.73 Å². The molecule has 5 rings (SSSR count). The van der Waals surface area contributed by atoms with Crippen LogP contribution in [0.5, 0.6) is 0 Å². The van der Waals surface area contributed by atoms with E-state index in [4.69, 9.17) is 21.0 Å². The summed E-state index contributed by atoms with van der Waals surface area (Å²) in [5.74, 6) is -0.539. The summed E-state index contributed by atoms with van der Waals surface area (Å²) in [6, 6.07) is 22.9. The normalized spacial score (nSPS) is 10.9. The van der Waals surface area contributed by atoms with Crippen molar-refractivity contribution in [2.45, 2.75) is 0 Å². The van der Waals surface area contributed by atoms with Gasteiger partial charge in [-0.25, -0.2) is 4.98 Å². The quantitative estimate of drug-likeness (QED) is 0.334. The highest BCUT2D eigenvalue weighted by atomic mass is 35.5.